The van der Waals surface area contributed by atoms with Gasteiger partial charge in [0.2, 0.25) is 5.89 Å². The highest BCUT2D eigenvalue weighted by Gasteiger charge is 2.28. The number of aromatic nitrogens is 4. The summed E-state index contributed by atoms with van der Waals surface area (Å²) in [6.07, 6.45) is 5.74. The molecule has 0 bridgehead atoms. The maximum atomic E-state index is 12.0. The van der Waals surface area contributed by atoms with Gasteiger partial charge in [-0.05, 0) is 25.2 Å². The third-order valence-corrected chi connectivity index (χ3v) is 4.87. The number of thioether (sulfide) groups is 1. The number of hydrogen-bond acceptors (Lipinski definition) is 7. The highest BCUT2D eigenvalue weighted by Crippen LogP contribution is 2.27. The number of urea groups is 1. The zero-order valence-electron chi connectivity index (χ0n) is 14.7. The van der Waals surface area contributed by atoms with E-state index in [0.29, 0.717) is 31.2 Å². The lowest BCUT2D eigenvalue weighted by Crippen LogP contribution is -2.43. The highest BCUT2D eigenvalue weighted by molar-refractivity contribution is 7.98. The molecule has 2 amide bonds. The van der Waals surface area contributed by atoms with Crippen molar-refractivity contribution in [2.45, 2.75) is 30.2 Å². The summed E-state index contributed by atoms with van der Waals surface area (Å²) < 4.78 is 5.45. The summed E-state index contributed by atoms with van der Waals surface area (Å²) in [6.45, 7) is 1.42. The average molecular weight is 362 g/mol. The van der Waals surface area contributed by atoms with E-state index in [0.717, 1.165) is 23.6 Å². The zero-order chi connectivity index (χ0) is 17.8. The molecule has 0 atom stereocenters. The minimum atomic E-state index is 0.0537. The van der Waals surface area contributed by atoms with Gasteiger partial charge in [-0.3, -0.25) is 0 Å². The monoisotopic (exact) mass is 362 g/mol. The predicted molar refractivity (Wildman–Crippen MR) is 93.5 cm³/mol. The van der Waals surface area contributed by atoms with Crippen LogP contribution in [-0.4, -0.2) is 69.4 Å². The van der Waals surface area contributed by atoms with Crippen LogP contribution in [0.5, 0.6) is 0 Å². The van der Waals surface area contributed by atoms with Gasteiger partial charge in [0.1, 0.15) is 6.33 Å². The summed E-state index contributed by atoms with van der Waals surface area (Å²) in [4.78, 5) is 28.4. The van der Waals surface area contributed by atoms with Crippen molar-refractivity contribution in [1.82, 2.24) is 29.9 Å². The fourth-order valence-electron chi connectivity index (χ4n) is 2.85. The van der Waals surface area contributed by atoms with Crippen LogP contribution in [0.15, 0.2) is 21.9 Å². The molecule has 1 fully saturated rings. The summed E-state index contributed by atoms with van der Waals surface area (Å²) in [7, 11) is 3.54. The molecule has 1 aliphatic heterocycles. The van der Waals surface area contributed by atoms with Gasteiger partial charge in [0.15, 0.2) is 5.82 Å². The van der Waals surface area contributed by atoms with Crippen LogP contribution in [0.1, 0.15) is 36.2 Å². The molecule has 3 heterocycles. The number of likely N-dealkylation sites (tertiary alicyclic amines) is 1. The van der Waals surface area contributed by atoms with Gasteiger partial charge in [-0.2, -0.15) is 4.98 Å². The summed E-state index contributed by atoms with van der Waals surface area (Å²) in [6, 6.07) is 1.99. The van der Waals surface area contributed by atoms with Crippen molar-refractivity contribution >= 4 is 17.8 Å². The Morgan fingerprint density at radius 3 is 2.80 bits per heavy atom. The molecule has 0 N–H and O–H groups in total. The Labute approximate surface area is 151 Å². The highest BCUT2D eigenvalue weighted by atomic mass is 32.2. The smallest absolute Gasteiger partial charge is 0.319 e. The SMILES string of the molecule is CSc1cc(Cc2noc(C3CCN(C(=O)N(C)C)CC3)n2)ncn1. The first-order valence-electron chi connectivity index (χ1n) is 8.20. The Balaban J connectivity index is 1.59. The number of rotatable bonds is 4. The Hall–Kier alpha value is -2.16. The summed E-state index contributed by atoms with van der Waals surface area (Å²) in [5.74, 6) is 1.50. The van der Waals surface area contributed by atoms with Crippen LogP contribution >= 0.6 is 11.8 Å². The largest absolute Gasteiger partial charge is 0.339 e. The minimum absolute atomic E-state index is 0.0537. The molecule has 0 spiro atoms. The summed E-state index contributed by atoms with van der Waals surface area (Å²) in [5.41, 5.74) is 0.873. The molecule has 3 rings (SSSR count). The number of carbonyl (C=O) groups is 1. The maximum absolute atomic E-state index is 12.0. The topological polar surface area (TPSA) is 88.3 Å². The zero-order valence-corrected chi connectivity index (χ0v) is 15.5. The van der Waals surface area contributed by atoms with Crippen LogP contribution in [0.3, 0.4) is 0 Å². The fraction of sp³-hybridized carbons (Fsp3) is 0.562. The van der Waals surface area contributed by atoms with Gasteiger partial charge < -0.3 is 14.3 Å². The molecule has 1 saturated heterocycles. The first kappa shape index (κ1) is 17.7. The third kappa shape index (κ3) is 4.28. The van der Waals surface area contributed by atoms with Crippen molar-refractivity contribution in [3.05, 3.63) is 29.8 Å². The lowest BCUT2D eigenvalue weighted by atomic mass is 9.97. The Bertz CT molecular complexity index is 727. The first-order chi connectivity index (χ1) is 12.1. The standard InChI is InChI=1S/C16H22N6O2S/c1-21(2)16(23)22-6-4-11(5-7-22)15-19-13(20-24-15)8-12-9-14(25-3)18-10-17-12/h9-11H,4-8H2,1-3H3. The van der Waals surface area contributed by atoms with Crippen LogP contribution < -0.4 is 0 Å². The molecule has 0 radical (unpaired) electrons. The van der Waals surface area contributed by atoms with Gasteiger partial charge in [0, 0.05) is 33.1 Å². The van der Waals surface area contributed by atoms with E-state index < -0.39 is 0 Å². The number of nitrogens with zero attached hydrogens (tertiary/aromatic N) is 6. The van der Waals surface area contributed by atoms with E-state index >= 15 is 0 Å². The van der Waals surface area contributed by atoms with Crippen molar-refractivity contribution < 1.29 is 9.32 Å². The van der Waals surface area contributed by atoms with Crippen LogP contribution in [0, 0.1) is 0 Å². The molecule has 25 heavy (non-hydrogen) atoms. The molecule has 0 aromatic carbocycles. The quantitative estimate of drug-likeness (QED) is 0.607. The van der Waals surface area contributed by atoms with Gasteiger partial charge >= 0.3 is 6.03 Å². The molecule has 2 aromatic heterocycles. The number of hydrogen-bond donors (Lipinski definition) is 0. The van der Waals surface area contributed by atoms with E-state index in [9.17, 15) is 4.79 Å². The van der Waals surface area contributed by atoms with Crippen molar-refractivity contribution in [3.63, 3.8) is 0 Å². The van der Waals surface area contributed by atoms with Crippen molar-refractivity contribution in [2.24, 2.45) is 0 Å². The van der Waals surface area contributed by atoms with Crippen molar-refractivity contribution in [3.8, 4) is 0 Å². The minimum Gasteiger partial charge on any atom is -0.339 e. The van der Waals surface area contributed by atoms with Crippen LogP contribution in [0.4, 0.5) is 4.79 Å². The van der Waals surface area contributed by atoms with Gasteiger partial charge in [0.05, 0.1) is 17.1 Å². The Morgan fingerprint density at radius 1 is 1.36 bits per heavy atom. The first-order valence-corrected chi connectivity index (χ1v) is 9.43. The van der Waals surface area contributed by atoms with Crippen molar-refractivity contribution in [2.75, 3.05) is 33.4 Å². The second-order valence-corrected chi connectivity index (χ2v) is 7.04. The average Bonchev–Trinajstić information content (AvgIpc) is 3.09. The second kappa shape index (κ2) is 7.81. The van der Waals surface area contributed by atoms with Gasteiger partial charge in [-0.15, -0.1) is 11.8 Å². The Kier molecular flexibility index (Phi) is 5.52. The molecule has 134 valence electrons. The summed E-state index contributed by atoms with van der Waals surface area (Å²) >= 11 is 1.57. The molecular weight excluding hydrogens is 340 g/mol. The van der Waals surface area contributed by atoms with E-state index in [2.05, 4.69) is 20.1 Å². The van der Waals surface area contributed by atoms with Gasteiger partial charge in [-0.25, -0.2) is 14.8 Å². The third-order valence-electron chi connectivity index (χ3n) is 4.23. The molecule has 2 aromatic rings. The van der Waals surface area contributed by atoms with Gasteiger partial charge in [-0.1, -0.05) is 5.16 Å². The van der Waals surface area contributed by atoms with E-state index in [1.54, 1.807) is 37.1 Å². The van der Waals surface area contributed by atoms with E-state index in [4.69, 9.17) is 4.52 Å². The molecule has 0 unspecified atom stereocenters. The molecule has 0 saturated carbocycles. The molecule has 0 aliphatic carbocycles. The van der Waals surface area contributed by atoms with Crippen molar-refractivity contribution in [1.29, 1.82) is 0 Å². The second-order valence-electron chi connectivity index (χ2n) is 6.22. The molecule has 9 heteroatoms. The summed E-state index contributed by atoms with van der Waals surface area (Å²) in [5, 5.41) is 5.01. The normalized spacial score (nSPS) is 15.4. The lowest BCUT2D eigenvalue weighted by molar-refractivity contribution is 0.152. The van der Waals surface area contributed by atoms with Crippen LogP contribution in [-0.2, 0) is 6.42 Å². The van der Waals surface area contributed by atoms with Crippen LogP contribution in [0.25, 0.3) is 0 Å². The lowest BCUT2D eigenvalue weighted by Gasteiger charge is -2.32. The van der Waals surface area contributed by atoms with E-state index in [1.165, 1.54) is 0 Å². The number of piperidine rings is 1. The van der Waals surface area contributed by atoms with Gasteiger partial charge in [0.25, 0.3) is 0 Å². The van der Waals surface area contributed by atoms with E-state index in [-0.39, 0.29) is 11.9 Å². The fourth-order valence-corrected chi connectivity index (χ4v) is 3.26. The number of carbonyl (C=O) groups excluding carboxylic acids is 1. The predicted octanol–water partition coefficient (Wildman–Crippen LogP) is 2.03. The molecular formula is C16H22N6O2S. The molecule has 1 aliphatic rings. The van der Waals surface area contributed by atoms with E-state index in [1.807, 2.05) is 17.2 Å². The maximum Gasteiger partial charge on any atom is 0.319 e. The molecule has 8 nitrogen and oxygen atoms in total. The van der Waals surface area contributed by atoms with Crippen LogP contribution in [0.2, 0.25) is 0 Å². The Morgan fingerprint density at radius 2 is 2.12 bits per heavy atom. The number of amides is 2.